The van der Waals surface area contributed by atoms with E-state index in [0.29, 0.717) is 58.8 Å². The van der Waals surface area contributed by atoms with Crippen LogP contribution >= 0.6 is 0 Å². The summed E-state index contributed by atoms with van der Waals surface area (Å²) in [5, 5.41) is 14.4. The van der Waals surface area contributed by atoms with Crippen molar-refractivity contribution in [2.45, 2.75) is 84.2 Å². The highest BCUT2D eigenvalue weighted by Crippen LogP contribution is 2.32. The first-order chi connectivity index (χ1) is 54.7. The highest BCUT2D eigenvalue weighted by atomic mass is 16.5. The molecule has 39 heteroatoms. The lowest BCUT2D eigenvalue weighted by molar-refractivity contribution is -0.147. The number of likely N-dealkylation sites (N-methyl/N-ethyl adjacent to an activating group) is 10. The summed E-state index contributed by atoms with van der Waals surface area (Å²) in [6, 6.07) is 9.60. The van der Waals surface area contributed by atoms with Crippen LogP contribution in [-0.2, 0) is 101 Å². The lowest BCUT2D eigenvalue weighted by Gasteiger charge is -2.31. The van der Waals surface area contributed by atoms with E-state index in [9.17, 15) is 86.3 Å². The average molecular weight is 1610 g/mol. The lowest BCUT2D eigenvalue weighted by Crippen LogP contribution is -2.51. The first-order valence-electron chi connectivity index (χ1n) is 37.2. The van der Waals surface area contributed by atoms with E-state index in [1.807, 2.05) is 13.8 Å². The molecule has 39 nitrogen and oxygen atoms in total. The molecule has 1 atom stereocenters. The van der Waals surface area contributed by atoms with Crippen LogP contribution in [0.4, 0.5) is 17.1 Å². The van der Waals surface area contributed by atoms with Crippen molar-refractivity contribution in [2.24, 2.45) is 16.5 Å². The summed E-state index contributed by atoms with van der Waals surface area (Å²) in [5.41, 5.74) is 15.8. The number of aliphatic imine (C=N–C) groups is 1. The first-order valence-corrected chi connectivity index (χ1v) is 37.2. The predicted octanol–water partition coefficient (Wildman–Crippen LogP) is -2.11. The number of nitrogens with one attached hydrogen (secondary N) is 2. The number of carbonyl (C=O) groups is 18. The summed E-state index contributed by atoms with van der Waals surface area (Å²) in [6.45, 7) is 0.197. The van der Waals surface area contributed by atoms with Gasteiger partial charge in [-0.3, -0.25) is 91.3 Å². The molecule has 0 saturated heterocycles. The Morgan fingerprint density at radius 3 is 1.51 bits per heavy atom. The number of primary amides is 1. The molecule has 0 fully saturated rings. The van der Waals surface area contributed by atoms with Gasteiger partial charge in [-0.2, -0.15) is 0 Å². The number of pyridine rings is 1. The number of ether oxygens (including phenoxy) is 1. The molecule has 2 aromatic carbocycles. The number of nitrogens with zero attached hydrogens (tertiary/aromatic N) is 15. The average Bonchev–Trinajstić information content (AvgIpc) is 1.79. The van der Waals surface area contributed by atoms with Crippen LogP contribution in [0.3, 0.4) is 0 Å². The molecule has 0 bridgehead atoms. The van der Waals surface area contributed by atoms with Gasteiger partial charge in [-0.25, -0.2) is 9.89 Å². The monoisotopic (exact) mass is 1610 g/mol. The summed E-state index contributed by atoms with van der Waals surface area (Å²) in [7, 11) is 13.0. The molecular weight excluding hydrogens is 1510 g/mol. The van der Waals surface area contributed by atoms with Gasteiger partial charge < -0.3 is 90.7 Å². The number of hydrogen-bond acceptors (Lipinski definition) is 22. The van der Waals surface area contributed by atoms with Crippen molar-refractivity contribution in [1.29, 1.82) is 0 Å². The zero-order chi connectivity index (χ0) is 86.1. The number of rotatable bonds is 40. The topological polar surface area (TPSA) is 480 Å². The molecule has 116 heavy (non-hydrogen) atoms. The molecule has 1 aromatic heterocycles. The number of carbonyl (C=O) groups excluding carboxylic acids is 17. The van der Waals surface area contributed by atoms with E-state index in [-0.39, 0.29) is 80.5 Å². The number of hydrogen-bond donors (Lipinski definition) is 5. The van der Waals surface area contributed by atoms with E-state index < -0.39 is 178 Å². The van der Waals surface area contributed by atoms with Gasteiger partial charge in [-0.05, 0) is 67.2 Å². The van der Waals surface area contributed by atoms with Crippen LogP contribution in [0.15, 0.2) is 71.4 Å². The fraction of sp³-hybridized carbons (Fsp3) is 0.481. The number of aryl methyl sites for hydroxylation is 1. The number of fused-ring (bicyclic) bond motifs is 2. The fourth-order valence-electron chi connectivity index (χ4n) is 12.0. The molecule has 4 heterocycles. The molecule has 7 N–H and O–H groups in total. The second-order valence-corrected chi connectivity index (χ2v) is 28.6. The number of nitrogens with two attached hydrogens (primary N) is 2. The predicted molar refractivity (Wildman–Crippen MR) is 420 cm³/mol. The number of anilines is 2. The molecule has 0 saturated carbocycles. The van der Waals surface area contributed by atoms with E-state index in [4.69, 9.17) is 21.3 Å². The van der Waals surface area contributed by atoms with Crippen molar-refractivity contribution >= 4 is 135 Å². The second kappa shape index (κ2) is 42.8. The maximum Gasteiger partial charge on any atom is 0.323 e. The number of benzene rings is 2. The molecule has 6 rings (SSSR count). The largest absolute Gasteiger partial charge is 0.493 e. The number of aromatic nitrogens is 1. The summed E-state index contributed by atoms with van der Waals surface area (Å²) < 4.78 is 6.13. The molecule has 0 spiro atoms. The van der Waals surface area contributed by atoms with Crippen molar-refractivity contribution in [2.75, 3.05) is 172 Å². The normalized spacial score (nSPS) is 12.9. The second-order valence-electron chi connectivity index (χ2n) is 28.6. The Balaban J connectivity index is 0.941. The minimum Gasteiger partial charge on any atom is -0.493 e. The van der Waals surface area contributed by atoms with Crippen molar-refractivity contribution < 1.29 is 96.1 Å². The highest BCUT2D eigenvalue weighted by Gasteiger charge is 2.34. The maximum atomic E-state index is 14.2. The molecule has 17 amide bonds. The Hall–Kier alpha value is -13.0. The Kier molecular flexibility index (Phi) is 33.9. The Labute approximate surface area is 671 Å². The summed E-state index contributed by atoms with van der Waals surface area (Å²) in [6.07, 6.45) is 6.52. The van der Waals surface area contributed by atoms with Crippen LogP contribution in [0.2, 0.25) is 0 Å². The zero-order valence-corrected chi connectivity index (χ0v) is 67.5. The van der Waals surface area contributed by atoms with E-state index in [0.717, 1.165) is 78.9 Å². The van der Waals surface area contributed by atoms with E-state index in [2.05, 4.69) is 20.6 Å². The van der Waals surface area contributed by atoms with Gasteiger partial charge >= 0.3 is 5.97 Å². The van der Waals surface area contributed by atoms with E-state index in [1.165, 1.54) is 99.8 Å². The van der Waals surface area contributed by atoms with Gasteiger partial charge in [0.05, 0.1) is 95.2 Å². The highest BCUT2D eigenvalue weighted by molar-refractivity contribution is 6.28. The van der Waals surface area contributed by atoms with Gasteiger partial charge in [0.2, 0.25) is 82.7 Å². The standard InChI is InChI=1S/C77H103N19O20/c1-13-26-94(27-14-2)76(114)51-30-49-17-18-50(32-56(49)82-59(78)33-51)75(113)81-53-31-52-37-95(28-25-55(52)80-36-53)77(115)57(35-60(79)97)83-61(98)22-20-48-19-21-54(96-63(100)23-24-64(96)101)34-58(48)116-29-15-16-62(99)84(3)38-65(102)85(4)39-66(103)86(5)40-67(104)87(6)41-68(105)88(7)42-69(106)89(8)43-70(107)90(9)44-71(108)91(10)45-72(109)92(11)46-73(110)93(12)47-74(111)112/h17-19,21,23-24,30-32,34,36,57H,13-16,20,22,25-29,33,35,37-47H2,1-12H3,(H2,78,82)(H2,79,97)(H,81,113)(H,83,98)(H,111,112)/t57-/m0/s1. The van der Waals surface area contributed by atoms with Gasteiger partial charge in [0.1, 0.15) is 24.2 Å². The minimum atomic E-state index is -1.39. The van der Waals surface area contributed by atoms with E-state index in [1.54, 1.807) is 35.2 Å². The van der Waals surface area contributed by atoms with Crippen LogP contribution < -0.4 is 31.7 Å². The van der Waals surface area contributed by atoms with Gasteiger partial charge in [-0.15, -0.1) is 0 Å². The van der Waals surface area contributed by atoms with E-state index >= 15 is 0 Å². The lowest BCUT2D eigenvalue weighted by atomic mass is 10.0. The number of amidine groups is 1. The smallest absolute Gasteiger partial charge is 0.323 e. The molecule has 3 aliphatic heterocycles. The molecule has 0 aliphatic carbocycles. The van der Waals surface area contributed by atoms with Crippen LogP contribution in [-0.4, -0.2) is 349 Å². The summed E-state index contributed by atoms with van der Waals surface area (Å²) >= 11 is 0. The van der Waals surface area contributed by atoms with Crippen molar-refractivity contribution in [3.05, 3.63) is 94.3 Å². The Bertz CT molecular complexity index is 4380. The van der Waals surface area contributed by atoms with Gasteiger partial charge in [0.15, 0.2) is 0 Å². The number of amides is 17. The number of carboxylic acid groups (broad SMARTS) is 1. The number of carboxylic acids is 1. The van der Waals surface area contributed by atoms with Gasteiger partial charge in [0.25, 0.3) is 17.7 Å². The van der Waals surface area contributed by atoms with Crippen LogP contribution in [0.5, 0.6) is 5.75 Å². The molecule has 626 valence electrons. The third kappa shape index (κ3) is 26.8. The molecular formula is C77H103N19O20. The fourth-order valence-corrected chi connectivity index (χ4v) is 12.0. The minimum absolute atomic E-state index is 0.00129. The summed E-state index contributed by atoms with van der Waals surface area (Å²) in [4.78, 5) is 258. The van der Waals surface area contributed by atoms with Gasteiger partial charge in [-0.1, -0.05) is 26.0 Å². The third-order valence-corrected chi connectivity index (χ3v) is 19.0. The third-order valence-electron chi connectivity index (χ3n) is 19.0. The molecule has 3 aliphatic rings. The SMILES string of the molecule is CCCN(CCC)C(=O)C1=Cc2ccc(C(=O)Nc3cnc4c(c3)CN(C(=O)[C@H](CC(N)=O)NC(=O)CCc3ccc(N5C(=O)C=CC5=O)cc3OCCCC(=O)N(C)CC(=O)N(C)CC(=O)N(C)CC(=O)N(C)CC(=O)N(C)CC(=O)N(C)CC(=O)N(C)CC(=O)N(C)CC(=O)N(C)CC(=O)N(C)CC(=O)O)CC4)cc2N=C(N)C1. The summed E-state index contributed by atoms with van der Waals surface area (Å²) in [5.74, 6) is -11.4. The maximum absolute atomic E-state index is 14.2. The van der Waals surface area contributed by atoms with Crippen molar-refractivity contribution in [3.8, 4) is 5.75 Å². The Morgan fingerprint density at radius 1 is 0.586 bits per heavy atom. The van der Waals surface area contributed by atoms with Gasteiger partial charge in [0, 0.05) is 163 Å². The van der Waals surface area contributed by atoms with Crippen LogP contribution in [0.1, 0.15) is 91.5 Å². The quantitative estimate of drug-likeness (QED) is 0.0300. The van der Waals surface area contributed by atoms with Crippen LogP contribution in [0.25, 0.3) is 6.08 Å². The molecule has 3 aromatic rings. The number of imide groups is 1. The zero-order valence-electron chi connectivity index (χ0n) is 67.5. The molecule has 0 unspecified atom stereocenters. The number of aliphatic carboxylic acids is 1. The van der Waals surface area contributed by atoms with Crippen molar-refractivity contribution in [1.82, 2.24) is 69.1 Å². The van der Waals surface area contributed by atoms with Crippen molar-refractivity contribution in [3.63, 3.8) is 0 Å². The van der Waals surface area contributed by atoms with Crippen LogP contribution in [0, 0.1) is 0 Å². The first kappa shape index (κ1) is 91.9. The Morgan fingerprint density at radius 2 is 1.05 bits per heavy atom. The molecule has 0 radical (unpaired) electrons.